The van der Waals surface area contributed by atoms with Gasteiger partial charge in [0.1, 0.15) is 0 Å². The SMILES string of the molecule is CC(C)C[C@H]1COCCN1C(=O)N[C@H](C)Cn1ccnc1. The molecule has 2 rings (SSSR count). The van der Waals surface area contributed by atoms with Crippen LogP contribution in [0, 0.1) is 5.92 Å². The van der Waals surface area contributed by atoms with E-state index in [-0.39, 0.29) is 18.1 Å². The maximum atomic E-state index is 12.5. The van der Waals surface area contributed by atoms with Gasteiger partial charge in [-0.25, -0.2) is 9.78 Å². The van der Waals surface area contributed by atoms with Gasteiger partial charge in [0.15, 0.2) is 0 Å². The number of nitrogens with zero attached hydrogens (tertiary/aromatic N) is 3. The molecule has 0 bridgehead atoms. The van der Waals surface area contributed by atoms with Gasteiger partial charge in [0.2, 0.25) is 0 Å². The zero-order valence-corrected chi connectivity index (χ0v) is 13.2. The van der Waals surface area contributed by atoms with Crippen molar-refractivity contribution in [1.29, 1.82) is 0 Å². The van der Waals surface area contributed by atoms with Gasteiger partial charge in [0, 0.05) is 31.5 Å². The Morgan fingerprint density at radius 1 is 1.48 bits per heavy atom. The van der Waals surface area contributed by atoms with Crippen LogP contribution in [0.3, 0.4) is 0 Å². The molecule has 1 saturated heterocycles. The number of nitrogens with one attached hydrogen (secondary N) is 1. The summed E-state index contributed by atoms with van der Waals surface area (Å²) in [7, 11) is 0. The van der Waals surface area contributed by atoms with E-state index in [4.69, 9.17) is 4.74 Å². The Morgan fingerprint density at radius 2 is 2.29 bits per heavy atom. The van der Waals surface area contributed by atoms with Crippen molar-refractivity contribution < 1.29 is 9.53 Å². The summed E-state index contributed by atoms with van der Waals surface area (Å²) in [6.45, 7) is 9.01. The molecule has 0 radical (unpaired) electrons. The minimum absolute atomic E-state index is 0.0107. The zero-order valence-electron chi connectivity index (χ0n) is 13.2. The summed E-state index contributed by atoms with van der Waals surface area (Å²) >= 11 is 0. The fraction of sp³-hybridized carbons (Fsp3) is 0.733. The predicted molar refractivity (Wildman–Crippen MR) is 81.0 cm³/mol. The summed E-state index contributed by atoms with van der Waals surface area (Å²) in [5, 5.41) is 3.07. The van der Waals surface area contributed by atoms with Gasteiger partial charge in [-0.15, -0.1) is 0 Å². The van der Waals surface area contributed by atoms with Crippen molar-refractivity contribution in [3.63, 3.8) is 0 Å². The van der Waals surface area contributed by atoms with Gasteiger partial charge < -0.3 is 19.5 Å². The molecule has 6 nitrogen and oxygen atoms in total. The fourth-order valence-corrected chi connectivity index (χ4v) is 2.71. The average molecular weight is 294 g/mol. The van der Waals surface area contributed by atoms with E-state index in [9.17, 15) is 4.79 Å². The van der Waals surface area contributed by atoms with E-state index in [1.54, 1.807) is 12.5 Å². The van der Waals surface area contributed by atoms with Crippen molar-refractivity contribution in [3.05, 3.63) is 18.7 Å². The van der Waals surface area contributed by atoms with Crippen LogP contribution in [-0.4, -0.2) is 52.3 Å². The van der Waals surface area contributed by atoms with Gasteiger partial charge in [-0.05, 0) is 19.3 Å². The van der Waals surface area contributed by atoms with E-state index in [1.165, 1.54) is 0 Å². The maximum absolute atomic E-state index is 12.5. The predicted octanol–water partition coefficient (Wildman–Crippen LogP) is 1.73. The largest absolute Gasteiger partial charge is 0.377 e. The molecule has 118 valence electrons. The lowest BCUT2D eigenvalue weighted by Crippen LogP contribution is -2.54. The third kappa shape index (κ3) is 4.74. The van der Waals surface area contributed by atoms with Crippen LogP contribution in [0.5, 0.6) is 0 Å². The number of ether oxygens (including phenoxy) is 1. The van der Waals surface area contributed by atoms with Gasteiger partial charge in [-0.1, -0.05) is 13.8 Å². The third-order valence-corrected chi connectivity index (χ3v) is 3.65. The van der Waals surface area contributed by atoms with Crippen molar-refractivity contribution in [2.75, 3.05) is 19.8 Å². The van der Waals surface area contributed by atoms with Crippen molar-refractivity contribution in [2.24, 2.45) is 5.92 Å². The molecule has 2 heterocycles. The molecule has 0 aliphatic carbocycles. The zero-order chi connectivity index (χ0) is 15.2. The monoisotopic (exact) mass is 294 g/mol. The highest BCUT2D eigenvalue weighted by atomic mass is 16.5. The first-order chi connectivity index (χ1) is 10.1. The van der Waals surface area contributed by atoms with E-state index < -0.39 is 0 Å². The first kappa shape index (κ1) is 15.8. The highest BCUT2D eigenvalue weighted by Crippen LogP contribution is 2.15. The van der Waals surface area contributed by atoms with Crippen LogP contribution < -0.4 is 5.32 Å². The lowest BCUT2D eigenvalue weighted by Gasteiger charge is -2.37. The maximum Gasteiger partial charge on any atom is 0.318 e. The molecule has 2 atom stereocenters. The van der Waals surface area contributed by atoms with Crippen LogP contribution in [-0.2, 0) is 11.3 Å². The highest BCUT2D eigenvalue weighted by molar-refractivity contribution is 5.75. The molecule has 0 spiro atoms. The number of urea groups is 1. The first-order valence-electron chi connectivity index (χ1n) is 7.67. The molecule has 1 aliphatic heterocycles. The molecule has 1 aromatic rings. The van der Waals surface area contributed by atoms with E-state index in [0.29, 0.717) is 25.7 Å². The Morgan fingerprint density at radius 3 is 2.95 bits per heavy atom. The quantitative estimate of drug-likeness (QED) is 0.899. The molecular formula is C15H26N4O2. The molecule has 1 aromatic heterocycles. The third-order valence-electron chi connectivity index (χ3n) is 3.65. The summed E-state index contributed by atoms with van der Waals surface area (Å²) in [4.78, 5) is 18.4. The standard InChI is InChI=1S/C15H26N4O2/c1-12(2)8-14-10-21-7-6-19(14)15(20)17-13(3)9-18-5-4-16-11-18/h4-5,11-14H,6-10H2,1-3H3,(H,17,20)/t13-,14+/m1/s1. The Balaban J connectivity index is 1.87. The number of carbonyl (C=O) groups is 1. The second-order valence-electron chi connectivity index (χ2n) is 6.16. The van der Waals surface area contributed by atoms with Gasteiger partial charge in [-0.3, -0.25) is 0 Å². The van der Waals surface area contributed by atoms with Crippen LogP contribution >= 0.6 is 0 Å². The number of morpholine rings is 1. The number of amides is 2. The Kier molecular flexibility index (Phi) is 5.61. The smallest absolute Gasteiger partial charge is 0.318 e. The van der Waals surface area contributed by atoms with Crippen LogP contribution in [0.1, 0.15) is 27.2 Å². The van der Waals surface area contributed by atoms with Crippen LogP contribution in [0.4, 0.5) is 4.79 Å². The summed E-state index contributed by atoms with van der Waals surface area (Å²) in [6, 6.07) is 0.255. The summed E-state index contributed by atoms with van der Waals surface area (Å²) in [5.41, 5.74) is 0. The summed E-state index contributed by atoms with van der Waals surface area (Å²) in [5.74, 6) is 0.551. The number of rotatable bonds is 5. The van der Waals surface area contributed by atoms with E-state index >= 15 is 0 Å². The number of hydrogen-bond acceptors (Lipinski definition) is 3. The van der Waals surface area contributed by atoms with Gasteiger partial charge in [-0.2, -0.15) is 0 Å². The van der Waals surface area contributed by atoms with Crippen LogP contribution in [0.25, 0.3) is 0 Å². The van der Waals surface area contributed by atoms with Crippen molar-refractivity contribution in [1.82, 2.24) is 19.8 Å². The minimum Gasteiger partial charge on any atom is -0.377 e. The Bertz CT molecular complexity index is 433. The highest BCUT2D eigenvalue weighted by Gasteiger charge is 2.28. The number of aromatic nitrogens is 2. The van der Waals surface area contributed by atoms with Crippen molar-refractivity contribution in [2.45, 2.75) is 45.8 Å². The molecule has 1 fully saturated rings. The second-order valence-corrected chi connectivity index (χ2v) is 6.16. The molecule has 0 aromatic carbocycles. The average Bonchev–Trinajstić information content (AvgIpc) is 2.91. The minimum atomic E-state index is 0.0107. The van der Waals surface area contributed by atoms with Gasteiger partial charge >= 0.3 is 6.03 Å². The van der Waals surface area contributed by atoms with E-state index in [2.05, 4.69) is 24.1 Å². The molecular weight excluding hydrogens is 268 g/mol. The van der Waals surface area contributed by atoms with Crippen molar-refractivity contribution in [3.8, 4) is 0 Å². The fourth-order valence-electron chi connectivity index (χ4n) is 2.71. The molecule has 2 amide bonds. The van der Waals surface area contributed by atoms with Gasteiger partial charge in [0.25, 0.3) is 0 Å². The molecule has 21 heavy (non-hydrogen) atoms. The normalized spacial score (nSPS) is 20.6. The Labute approximate surface area is 126 Å². The van der Waals surface area contributed by atoms with E-state index in [0.717, 1.165) is 13.0 Å². The molecule has 0 saturated carbocycles. The molecule has 6 heteroatoms. The second kappa shape index (κ2) is 7.45. The Hall–Kier alpha value is -1.56. The van der Waals surface area contributed by atoms with Gasteiger partial charge in [0.05, 0.1) is 25.6 Å². The topological polar surface area (TPSA) is 59.4 Å². The van der Waals surface area contributed by atoms with Crippen molar-refractivity contribution >= 4 is 6.03 Å². The number of imidazole rings is 1. The number of hydrogen-bond donors (Lipinski definition) is 1. The van der Waals surface area contributed by atoms with Crippen LogP contribution in [0.15, 0.2) is 18.7 Å². The van der Waals surface area contributed by atoms with E-state index in [1.807, 2.05) is 22.6 Å². The molecule has 1 N–H and O–H groups in total. The summed E-state index contributed by atoms with van der Waals surface area (Å²) < 4.78 is 7.49. The lowest BCUT2D eigenvalue weighted by molar-refractivity contribution is 0.00502. The summed E-state index contributed by atoms with van der Waals surface area (Å²) in [6.07, 6.45) is 6.39. The van der Waals surface area contributed by atoms with Crippen LogP contribution in [0.2, 0.25) is 0 Å². The lowest BCUT2D eigenvalue weighted by atomic mass is 10.0. The number of carbonyl (C=O) groups excluding carboxylic acids is 1. The first-order valence-corrected chi connectivity index (χ1v) is 7.67. The molecule has 0 unspecified atom stereocenters. The molecule has 1 aliphatic rings.